The quantitative estimate of drug-likeness (QED) is 0.740. The highest BCUT2D eigenvalue weighted by atomic mass is 15.3. The van der Waals surface area contributed by atoms with E-state index in [4.69, 9.17) is 5.10 Å². The zero-order chi connectivity index (χ0) is 15.6. The molecule has 0 spiro atoms. The Hall–Kier alpha value is -2.10. The summed E-state index contributed by atoms with van der Waals surface area (Å²) in [6.45, 7) is 2.29. The highest BCUT2D eigenvalue weighted by Gasteiger charge is 2.24. The summed E-state index contributed by atoms with van der Waals surface area (Å²) in [5.74, 6) is 0.784. The summed E-state index contributed by atoms with van der Waals surface area (Å²) in [5, 5.41) is 5.88. The average molecular weight is 308 g/mol. The van der Waals surface area contributed by atoms with Gasteiger partial charge in [-0.1, -0.05) is 26.2 Å². The molecule has 1 aliphatic carbocycles. The summed E-state index contributed by atoms with van der Waals surface area (Å²) >= 11 is 0. The topological polar surface area (TPSA) is 46.5 Å². The molecule has 0 unspecified atom stereocenters. The molecule has 3 aromatic heterocycles. The van der Waals surface area contributed by atoms with E-state index >= 15 is 0 Å². The van der Waals surface area contributed by atoms with Gasteiger partial charge in [0.05, 0.1) is 12.2 Å². The zero-order valence-electron chi connectivity index (χ0n) is 13.7. The van der Waals surface area contributed by atoms with E-state index in [1.807, 2.05) is 18.6 Å². The lowest BCUT2D eigenvalue weighted by molar-refractivity contribution is 0.229. The maximum atomic E-state index is 4.72. The standard InChI is InChI=1S/C19H24N4/c1-2-18(14-6-4-3-5-7-14)23-13-15(12-22-23)16-8-10-20-19-17(16)9-11-21-19/h8-14,18H,2-7H2,1H3,(H,20,21)/t18-/m0/s1. The predicted molar refractivity (Wildman–Crippen MR) is 93.2 cm³/mol. The molecule has 1 fully saturated rings. The number of H-pyrrole nitrogens is 1. The Morgan fingerprint density at radius 1 is 1.26 bits per heavy atom. The van der Waals surface area contributed by atoms with Crippen molar-refractivity contribution in [3.8, 4) is 11.1 Å². The third-order valence-electron chi connectivity index (χ3n) is 5.32. The van der Waals surface area contributed by atoms with E-state index in [2.05, 4.69) is 39.9 Å². The molecule has 0 saturated heterocycles. The molecule has 4 rings (SSSR count). The highest BCUT2D eigenvalue weighted by Crippen LogP contribution is 2.35. The number of nitrogens with one attached hydrogen (secondary N) is 1. The largest absolute Gasteiger partial charge is 0.346 e. The van der Waals surface area contributed by atoms with Gasteiger partial charge in [0.2, 0.25) is 0 Å². The van der Waals surface area contributed by atoms with Crippen molar-refractivity contribution in [3.63, 3.8) is 0 Å². The van der Waals surface area contributed by atoms with Crippen LogP contribution in [0.25, 0.3) is 22.2 Å². The van der Waals surface area contributed by atoms with E-state index in [1.165, 1.54) is 43.2 Å². The highest BCUT2D eigenvalue weighted by molar-refractivity contribution is 5.92. The maximum absolute atomic E-state index is 4.72. The van der Waals surface area contributed by atoms with E-state index in [0.717, 1.165) is 23.4 Å². The van der Waals surface area contributed by atoms with Gasteiger partial charge in [0.15, 0.2) is 0 Å². The number of pyridine rings is 1. The van der Waals surface area contributed by atoms with Gasteiger partial charge in [-0.3, -0.25) is 4.68 Å². The van der Waals surface area contributed by atoms with Crippen LogP contribution >= 0.6 is 0 Å². The van der Waals surface area contributed by atoms with Gasteiger partial charge in [-0.15, -0.1) is 0 Å². The summed E-state index contributed by atoms with van der Waals surface area (Å²) in [5.41, 5.74) is 3.34. The monoisotopic (exact) mass is 308 g/mol. The fourth-order valence-electron chi connectivity index (χ4n) is 4.13. The van der Waals surface area contributed by atoms with Gasteiger partial charge in [0, 0.05) is 29.5 Å². The zero-order valence-corrected chi connectivity index (χ0v) is 13.7. The minimum absolute atomic E-state index is 0.535. The SMILES string of the molecule is CC[C@@H](C1CCCCC1)n1cc(-c2ccnc3[nH]ccc23)cn1. The smallest absolute Gasteiger partial charge is 0.137 e. The Morgan fingerprint density at radius 2 is 2.13 bits per heavy atom. The first kappa shape index (κ1) is 14.5. The Morgan fingerprint density at radius 3 is 2.96 bits per heavy atom. The second kappa shape index (κ2) is 6.19. The molecule has 1 N–H and O–H groups in total. The summed E-state index contributed by atoms with van der Waals surface area (Å²) in [6.07, 6.45) is 16.1. The van der Waals surface area contributed by atoms with Crippen LogP contribution in [0.5, 0.6) is 0 Å². The Bertz CT molecular complexity index is 779. The molecular formula is C19H24N4. The second-order valence-electron chi connectivity index (χ2n) is 6.68. The molecule has 0 amide bonds. The van der Waals surface area contributed by atoms with Gasteiger partial charge in [-0.25, -0.2) is 4.98 Å². The van der Waals surface area contributed by atoms with Crippen molar-refractivity contribution in [1.82, 2.24) is 19.7 Å². The van der Waals surface area contributed by atoms with Gasteiger partial charge in [-0.2, -0.15) is 5.10 Å². The van der Waals surface area contributed by atoms with E-state index in [0.29, 0.717) is 6.04 Å². The van der Waals surface area contributed by atoms with Crippen LogP contribution in [0.2, 0.25) is 0 Å². The molecule has 0 aromatic carbocycles. The maximum Gasteiger partial charge on any atom is 0.137 e. The second-order valence-corrected chi connectivity index (χ2v) is 6.68. The molecule has 0 bridgehead atoms. The molecule has 0 aliphatic heterocycles. The van der Waals surface area contributed by atoms with Gasteiger partial charge in [-0.05, 0) is 42.9 Å². The molecule has 0 radical (unpaired) electrons. The van der Waals surface area contributed by atoms with Crippen LogP contribution in [0, 0.1) is 5.92 Å². The minimum atomic E-state index is 0.535. The van der Waals surface area contributed by atoms with Crippen LogP contribution in [0.3, 0.4) is 0 Å². The first-order valence-electron chi connectivity index (χ1n) is 8.83. The minimum Gasteiger partial charge on any atom is -0.346 e. The predicted octanol–water partition coefficient (Wildman–Crippen LogP) is 4.96. The van der Waals surface area contributed by atoms with Gasteiger partial charge < -0.3 is 4.98 Å². The molecular weight excluding hydrogens is 284 g/mol. The van der Waals surface area contributed by atoms with Crippen LogP contribution in [-0.4, -0.2) is 19.7 Å². The lowest BCUT2D eigenvalue weighted by atomic mass is 9.83. The number of hydrogen-bond donors (Lipinski definition) is 1. The van der Waals surface area contributed by atoms with Crippen molar-refractivity contribution in [2.24, 2.45) is 5.92 Å². The van der Waals surface area contributed by atoms with Crippen molar-refractivity contribution in [3.05, 3.63) is 36.9 Å². The molecule has 3 aromatic rings. The number of aromatic nitrogens is 4. The number of rotatable bonds is 4. The van der Waals surface area contributed by atoms with Crippen LogP contribution < -0.4 is 0 Å². The van der Waals surface area contributed by atoms with E-state index < -0.39 is 0 Å². The molecule has 1 saturated carbocycles. The van der Waals surface area contributed by atoms with Crippen molar-refractivity contribution in [1.29, 1.82) is 0 Å². The summed E-state index contributed by atoms with van der Waals surface area (Å²) in [4.78, 5) is 7.56. The van der Waals surface area contributed by atoms with E-state index in [-0.39, 0.29) is 0 Å². The molecule has 4 heteroatoms. The fourth-order valence-corrected chi connectivity index (χ4v) is 4.13. The lowest BCUT2D eigenvalue weighted by Gasteiger charge is -2.29. The van der Waals surface area contributed by atoms with Gasteiger partial charge >= 0.3 is 0 Å². The average Bonchev–Trinajstić information content (AvgIpc) is 3.25. The Kier molecular flexibility index (Phi) is 3.90. The van der Waals surface area contributed by atoms with Gasteiger partial charge in [0.1, 0.15) is 5.65 Å². The van der Waals surface area contributed by atoms with Crippen LogP contribution in [0.15, 0.2) is 36.9 Å². The normalized spacial score (nSPS) is 17.6. The number of aromatic amines is 1. The number of nitrogens with zero attached hydrogens (tertiary/aromatic N) is 3. The molecule has 1 aliphatic rings. The fraction of sp³-hybridized carbons (Fsp3) is 0.474. The summed E-state index contributed by atoms with van der Waals surface area (Å²) in [7, 11) is 0. The Balaban J connectivity index is 1.66. The molecule has 23 heavy (non-hydrogen) atoms. The summed E-state index contributed by atoms with van der Waals surface area (Å²) in [6, 6.07) is 4.71. The third-order valence-corrected chi connectivity index (χ3v) is 5.32. The van der Waals surface area contributed by atoms with Crippen molar-refractivity contribution < 1.29 is 0 Å². The molecule has 1 atom stereocenters. The Labute approximate surface area is 136 Å². The molecule has 3 heterocycles. The number of hydrogen-bond acceptors (Lipinski definition) is 2. The molecule has 4 nitrogen and oxygen atoms in total. The number of fused-ring (bicyclic) bond motifs is 1. The van der Waals surface area contributed by atoms with Crippen LogP contribution in [0.1, 0.15) is 51.5 Å². The molecule has 120 valence electrons. The van der Waals surface area contributed by atoms with Crippen molar-refractivity contribution in [2.45, 2.75) is 51.5 Å². The van der Waals surface area contributed by atoms with Crippen LogP contribution in [0.4, 0.5) is 0 Å². The first-order chi connectivity index (χ1) is 11.4. The van der Waals surface area contributed by atoms with E-state index in [9.17, 15) is 0 Å². The van der Waals surface area contributed by atoms with Crippen LogP contribution in [-0.2, 0) is 0 Å². The van der Waals surface area contributed by atoms with E-state index in [1.54, 1.807) is 0 Å². The lowest BCUT2D eigenvalue weighted by Crippen LogP contribution is -2.21. The van der Waals surface area contributed by atoms with Gasteiger partial charge in [0.25, 0.3) is 0 Å². The third kappa shape index (κ3) is 2.67. The van der Waals surface area contributed by atoms with Crippen molar-refractivity contribution in [2.75, 3.05) is 0 Å². The first-order valence-corrected chi connectivity index (χ1v) is 8.83. The summed E-state index contributed by atoms with van der Waals surface area (Å²) < 4.78 is 2.21. The van der Waals surface area contributed by atoms with Crippen molar-refractivity contribution >= 4 is 11.0 Å².